The Morgan fingerprint density at radius 2 is 1.57 bits per heavy atom. The lowest BCUT2D eigenvalue weighted by molar-refractivity contribution is 0.155. The summed E-state index contributed by atoms with van der Waals surface area (Å²) in [5.74, 6) is 0.206. The van der Waals surface area contributed by atoms with Crippen molar-refractivity contribution in [3.8, 4) is 5.75 Å². The number of rotatable bonds is 2. The van der Waals surface area contributed by atoms with Crippen LogP contribution in [0.5, 0.6) is 5.75 Å². The van der Waals surface area contributed by atoms with Crippen LogP contribution >= 0.6 is 31.0 Å². The first-order valence-electron chi connectivity index (χ1n) is 6.99. The minimum Gasteiger partial charge on any atom is -0.402 e. The van der Waals surface area contributed by atoms with Gasteiger partial charge in [0.2, 0.25) is 0 Å². The highest BCUT2D eigenvalue weighted by Gasteiger charge is 2.33. The standard InChI is InChI=1S/C16H15Cl2O4P/c1-10-5-12-8-20-23(19,21-9-13(12)6-11(10)2)22-16-4-3-14(17)7-15(16)18/h3-7H,8-9H2,1-2H3. The topological polar surface area (TPSA) is 44.8 Å². The Morgan fingerprint density at radius 1 is 1.00 bits per heavy atom. The monoisotopic (exact) mass is 372 g/mol. The molecule has 0 amide bonds. The van der Waals surface area contributed by atoms with Crippen LogP contribution in [0.2, 0.25) is 10.0 Å². The first kappa shape index (κ1) is 16.8. The highest BCUT2D eigenvalue weighted by atomic mass is 35.5. The van der Waals surface area contributed by atoms with Crippen LogP contribution in [0.4, 0.5) is 0 Å². The number of benzene rings is 2. The van der Waals surface area contributed by atoms with Crippen LogP contribution in [0, 0.1) is 13.8 Å². The molecule has 1 aliphatic rings. The second kappa shape index (κ2) is 6.46. The van der Waals surface area contributed by atoms with Crippen LogP contribution in [0.25, 0.3) is 0 Å². The maximum absolute atomic E-state index is 12.7. The number of phosphoric ester groups is 1. The number of hydrogen-bond donors (Lipinski definition) is 0. The molecule has 23 heavy (non-hydrogen) atoms. The van der Waals surface area contributed by atoms with E-state index in [9.17, 15) is 4.57 Å². The van der Waals surface area contributed by atoms with Crippen molar-refractivity contribution in [2.45, 2.75) is 27.1 Å². The van der Waals surface area contributed by atoms with Gasteiger partial charge in [-0.25, -0.2) is 4.57 Å². The molecular formula is C16H15Cl2O4P. The molecule has 3 rings (SSSR count). The number of hydrogen-bond acceptors (Lipinski definition) is 4. The molecule has 122 valence electrons. The van der Waals surface area contributed by atoms with Gasteiger partial charge >= 0.3 is 7.82 Å². The Labute approximate surface area is 144 Å². The molecule has 1 aliphatic heterocycles. The minimum absolute atomic E-state index is 0.152. The van der Waals surface area contributed by atoms with Crippen molar-refractivity contribution >= 4 is 31.0 Å². The van der Waals surface area contributed by atoms with Gasteiger partial charge in [-0.05, 0) is 54.3 Å². The quantitative estimate of drug-likeness (QED) is 0.620. The van der Waals surface area contributed by atoms with E-state index in [0.29, 0.717) is 5.02 Å². The number of aryl methyl sites for hydroxylation is 2. The van der Waals surface area contributed by atoms with E-state index in [2.05, 4.69) is 0 Å². The summed E-state index contributed by atoms with van der Waals surface area (Å²) in [6, 6.07) is 8.65. The zero-order valence-corrected chi connectivity index (χ0v) is 15.0. The smallest absolute Gasteiger partial charge is 0.402 e. The maximum Gasteiger partial charge on any atom is 0.530 e. The first-order chi connectivity index (χ1) is 10.9. The van der Waals surface area contributed by atoms with E-state index in [1.165, 1.54) is 12.1 Å². The number of fused-ring (bicyclic) bond motifs is 1. The molecule has 0 spiro atoms. The Hall–Kier alpha value is -1.03. The van der Waals surface area contributed by atoms with Gasteiger partial charge < -0.3 is 4.52 Å². The Kier molecular flexibility index (Phi) is 4.73. The van der Waals surface area contributed by atoms with Crippen molar-refractivity contribution < 1.29 is 18.1 Å². The SMILES string of the molecule is Cc1cc2c(cc1C)COP(=O)(Oc1ccc(Cl)cc1Cl)OC2. The third-order valence-corrected chi connectivity index (χ3v) is 5.52. The molecule has 0 saturated carbocycles. The molecule has 0 aromatic heterocycles. The van der Waals surface area contributed by atoms with Crippen LogP contribution in [-0.2, 0) is 26.8 Å². The molecule has 0 N–H and O–H groups in total. The van der Waals surface area contributed by atoms with Crippen molar-refractivity contribution in [2.24, 2.45) is 0 Å². The van der Waals surface area contributed by atoms with Crippen molar-refractivity contribution in [1.82, 2.24) is 0 Å². The van der Waals surface area contributed by atoms with Crippen LogP contribution in [-0.4, -0.2) is 0 Å². The predicted molar refractivity (Wildman–Crippen MR) is 90.2 cm³/mol. The van der Waals surface area contributed by atoms with Crippen LogP contribution < -0.4 is 4.52 Å². The zero-order valence-electron chi connectivity index (χ0n) is 12.6. The average Bonchev–Trinajstić information content (AvgIpc) is 2.64. The summed E-state index contributed by atoms with van der Waals surface area (Å²) in [6.45, 7) is 4.34. The molecule has 0 aliphatic carbocycles. The van der Waals surface area contributed by atoms with Crippen molar-refractivity contribution in [1.29, 1.82) is 0 Å². The molecule has 0 saturated heterocycles. The lowest BCUT2D eigenvalue weighted by Gasteiger charge is -2.16. The molecule has 0 fully saturated rings. The van der Waals surface area contributed by atoms with Gasteiger partial charge in [-0.3, -0.25) is 9.05 Å². The van der Waals surface area contributed by atoms with Crippen molar-refractivity contribution in [2.75, 3.05) is 0 Å². The van der Waals surface area contributed by atoms with E-state index in [1.54, 1.807) is 6.07 Å². The van der Waals surface area contributed by atoms with Gasteiger partial charge in [0.05, 0.1) is 18.2 Å². The Morgan fingerprint density at radius 3 is 2.09 bits per heavy atom. The van der Waals surface area contributed by atoms with Gasteiger partial charge in [0.15, 0.2) is 0 Å². The molecular weight excluding hydrogens is 358 g/mol. The largest absolute Gasteiger partial charge is 0.530 e. The fourth-order valence-corrected chi connectivity index (χ4v) is 3.94. The van der Waals surface area contributed by atoms with Crippen LogP contribution in [0.1, 0.15) is 22.3 Å². The summed E-state index contributed by atoms with van der Waals surface area (Å²) in [7, 11) is -3.76. The summed E-state index contributed by atoms with van der Waals surface area (Å²) in [6.07, 6.45) is 0. The molecule has 0 bridgehead atoms. The summed E-state index contributed by atoms with van der Waals surface area (Å²) in [5, 5.41) is 0.704. The fraction of sp³-hybridized carbons (Fsp3) is 0.250. The van der Waals surface area contributed by atoms with E-state index in [0.717, 1.165) is 22.3 Å². The summed E-state index contributed by atoms with van der Waals surface area (Å²) < 4.78 is 29.0. The maximum atomic E-state index is 12.7. The lowest BCUT2D eigenvalue weighted by atomic mass is 10.0. The predicted octanol–water partition coefficient (Wildman–Crippen LogP) is 5.84. The lowest BCUT2D eigenvalue weighted by Crippen LogP contribution is -1.99. The molecule has 1 heterocycles. The van der Waals surface area contributed by atoms with E-state index < -0.39 is 7.82 Å². The van der Waals surface area contributed by atoms with Crippen molar-refractivity contribution in [3.63, 3.8) is 0 Å². The van der Waals surface area contributed by atoms with Crippen LogP contribution in [0.3, 0.4) is 0 Å². The van der Waals surface area contributed by atoms with Gasteiger partial charge in [-0.2, -0.15) is 0 Å². The number of phosphoric acid groups is 1. The molecule has 2 aromatic carbocycles. The fourth-order valence-electron chi connectivity index (χ4n) is 2.26. The molecule has 0 radical (unpaired) electrons. The van der Waals surface area contributed by atoms with E-state index in [4.69, 9.17) is 36.8 Å². The Bertz CT molecular complexity index is 770. The third kappa shape index (κ3) is 3.73. The first-order valence-corrected chi connectivity index (χ1v) is 9.21. The van der Waals surface area contributed by atoms with E-state index in [1.807, 2.05) is 26.0 Å². The van der Waals surface area contributed by atoms with Gasteiger partial charge in [0, 0.05) is 5.02 Å². The molecule has 2 aromatic rings. The van der Waals surface area contributed by atoms with E-state index >= 15 is 0 Å². The third-order valence-electron chi connectivity index (χ3n) is 3.68. The highest BCUT2D eigenvalue weighted by molar-refractivity contribution is 7.48. The molecule has 4 nitrogen and oxygen atoms in total. The van der Waals surface area contributed by atoms with Crippen molar-refractivity contribution in [3.05, 3.63) is 62.6 Å². The van der Waals surface area contributed by atoms with E-state index in [-0.39, 0.29) is 24.0 Å². The van der Waals surface area contributed by atoms with Crippen LogP contribution in [0.15, 0.2) is 30.3 Å². The van der Waals surface area contributed by atoms with Gasteiger partial charge in [-0.15, -0.1) is 0 Å². The normalized spacial score (nSPS) is 16.5. The summed E-state index contributed by atoms with van der Waals surface area (Å²) in [5.41, 5.74) is 4.17. The van der Waals surface area contributed by atoms with Gasteiger partial charge in [0.1, 0.15) is 5.75 Å². The second-order valence-corrected chi connectivity index (χ2v) is 7.80. The highest BCUT2D eigenvalue weighted by Crippen LogP contribution is 2.53. The zero-order chi connectivity index (χ0) is 16.6. The minimum atomic E-state index is -3.76. The molecule has 7 heteroatoms. The Balaban J connectivity index is 1.83. The van der Waals surface area contributed by atoms with Gasteiger partial charge in [-0.1, -0.05) is 35.3 Å². The molecule has 0 atom stereocenters. The second-order valence-electron chi connectivity index (χ2n) is 5.37. The van der Waals surface area contributed by atoms with Gasteiger partial charge in [0.25, 0.3) is 0 Å². The molecule has 0 unspecified atom stereocenters. The number of halogens is 2. The summed E-state index contributed by atoms with van der Waals surface area (Å²) in [4.78, 5) is 0. The summed E-state index contributed by atoms with van der Waals surface area (Å²) >= 11 is 11.9. The average molecular weight is 373 g/mol.